The van der Waals surface area contributed by atoms with Crippen molar-refractivity contribution in [1.29, 1.82) is 0 Å². The van der Waals surface area contributed by atoms with Crippen LogP contribution in [-0.2, 0) is 14.3 Å². The molecule has 12 heavy (non-hydrogen) atoms. The van der Waals surface area contributed by atoms with E-state index in [1.54, 1.807) is 6.92 Å². The van der Waals surface area contributed by atoms with Crippen LogP contribution in [0.25, 0.3) is 0 Å². The standard InChI is InChI=1S/C9H12O3/c1-2-12-9(11)8-5-3-4-6(10)7(5)8/h5,7-8H,2-4H2,1H3/t5-,7-,8+/m1/s1. The summed E-state index contributed by atoms with van der Waals surface area (Å²) >= 11 is 0. The van der Waals surface area contributed by atoms with Crippen LogP contribution in [0.1, 0.15) is 19.8 Å². The average molecular weight is 168 g/mol. The number of hydrogen-bond acceptors (Lipinski definition) is 3. The molecule has 0 saturated heterocycles. The second kappa shape index (κ2) is 2.57. The molecule has 0 heterocycles. The van der Waals surface area contributed by atoms with Crippen LogP contribution in [0.4, 0.5) is 0 Å². The molecule has 0 spiro atoms. The fraction of sp³-hybridized carbons (Fsp3) is 0.778. The third-order valence-electron chi connectivity index (χ3n) is 2.82. The molecule has 0 N–H and O–H groups in total. The van der Waals surface area contributed by atoms with E-state index in [-0.39, 0.29) is 23.6 Å². The average Bonchev–Trinajstić information content (AvgIpc) is 2.65. The Hall–Kier alpha value is -0.860. The van der Waals surface area contributed by atoms with Crippen molar-refractivity contribution in [1.82, 2.24) is 0 Å². The first-order valence-corrected chi connectivity index (χ1v) is 4.45. The number of fused-ring (bicyclic) bond motifs is 1. The number of ether oxygens (including phenoxy) is 1. The largest absolute Gasteiger partial charge is 0.466 e. The van der Waals surface area contributed by atoms with E-state index < -0.39 is 0 Å². The number of rotatable bonds is 2. The maximum Gasteiger partial charge on any atom is 0.309 e. The first kappa shape index (κ1) is 7.77. The Morgan fingerprint density at radius 1 is 1.67 bits per heavy atom. The van der Waals surface area contributed by atoms with Gasteiger partial charge in [0.25, 0.3) is 0 Å². The molecule has 0 amide bonds. The van der Waals surface area contributed by atoms with Gasteiger partial charge in [0.05, 0.1) is 12.5 Å². The predicted octanol–water partition coefficient (Wildman–Crippen LogP) is 0.775. The van der Waals surface area contributed by atoms with Gasteiger partial charge >= 0.3 is 5.97 Å². The Balaban J connectivity index is 1.94. The summed E-state index contributed by atoms with van der Waals surface area (Å²) in [6.07, 6.45) is 1.57. The molecule has 0 aromatic rings. The molecule has 2 aliphatic carbocycles. The van der Waals surface area contributed by atoms with Gasteiger partial charge in [0.1, 0.15) is 5.78 Å². The SMILES string of the molecule is CCOC(=O)[C@H]1[C@@H]2CCC(=O)[C@@H]21. The van der Waals surface area contributed by atoms with Gasteiger partial charge in [-0.05, 0) is 19.3 Å². The Morgan fingerprint density at radius 3 is 2.92 bits per heavy atom. The molecule has 3 atom stereocenters. The van der Waals surface area contributed by atoms with Gasteiger partial charge in [-0.25, -0.2) is 0 Å². The van der Waals surface area contributed by atoms with Gasteiger partial charge < -0.3 is 4.74 Å². The van der Waals surface area contributed by atoms with Crippen molar-refractivity contribution in [3.63, 3.8) is 0 Å². The smallest absolute Gasteiger partial charge is 0.309 e. The van der Waals surface area contributed by atoms with E-state index >= 15 is 0 Å². The Labute approximate surface area is 71.1 Å². The minimum absolute atomic E-state index is 0.0315. The lowest BCUT2D eigenvalue weighted by Crippen LogP contribution is -2.12. The third-order valence-corrected chi connectivity index (χ3v) is 2.82. The molecule has 2 saturated carbocycles. The van der Waals surface area contributed by atoms with Gasteiger partial charge in [0.15, 0.2) is 0 Å². The molecule has 2 fully saturated rings. The third kappa shape index (κ3) is 0.958. The van der Waals surface area contributed by atoms with Crippen LogP contribution in [0.3, 0.4) is 0 Å². The van der Waals surface area contributed by atoms with E-state index in [0.717, 1.165) is 6.42 Å². The summed E-state index contributed by atoms with van der Waals surface area (Å²) in [4.78, 5) is 22.3. The highest BCUT2D eigenvalue weighted by molar-refractivity contribution is 5.94. The van der Waals surface area contributed by atoms with E-state index in [1.807, 2.05) is 0 Å². The molecular weight excluding hydrogens is 156 g/mol. The molecule has 2 aliphatic rings. The predicted molar refractivity (Wildman–Crippen MR) is 41.3 cm³/mol. The van der Waals surface area contributed by atoms with Gasteiger partial charge in [0.2, 0.25) is 0 Å². The van der Waals surface area contributed by atoms with Gasteiger partial charge in [-0.1, -0.05) is 0 Å². The van der Waals surface area contributed by atoms with Crippen LogP contribution in [0.2, 0.25) is 0 Å². The Bertz CT molecular complexity index is 234. The second-order valence-corrected chi connectivity index (χ2v) is 3.47. The van der Waals surface area contributed by atoms with Gasteiger partial charge in [-0.2, -0.15) is 0 Å². The molecule has 3 nitrogen and oxygen atoms in total. The summed E-state index contributed by atoms with van der Waals surface area (Å²) in [6.45, 7) is 2.21. The van der Waals surface area contributed by atoms with Crippen LogP contribution >= 0.6 is 0 Å². The summed E-state index contributed by atoms with van der Waals surface area (Å²) in [6, 6.07) is 0. The fourth-order valence-corrected chi connectivity index (χ4v) is 2.21. The lowest BCUT2D eigenvalue weighted by atomic mass is 10.1. The van der Waals surface area contributed by atoms with Crippen LogP contribution in [0.15, 0.2) is 0 Å². The molecule has 3 heteroatoms. The first-order valence-electron chi connectivity index (χ1n) is 4.45. The number of hydrogen-bond donors (Lipinski definition) is 0. The van der Waals surface area contributed by atoms with Gasteiger partial charge in [-0.3, -0.25) is 9.59 Å². The van der Waals surface area contributed by atoms with Crippen molar-refractivity contribution in [3.8, 4) is 0 Å². The van der Waals surface area contributed by atoms with Crippen molar-refractivity contribution in [2.24, 2.45) is 17.8 Å². The number of esters is 1. The van der Waals surface area contributed by atoms with E-state index in [1.165, 1.54) is 0 Å². The van der Waals surface area contributed by atoms with Crippen molar-refractivity contribution in [2.45, 2.75) is 19.8 Å². The second-order valence-electron chi connectivity index (χ2n) is 3.47. The molecule has 66 valence electrons. The maximum absolute atomic E-state index is 11.2. The van der Waals surface area contributed by atoms with E-state index in [4.69, 9.17) is 4.74 Å². The van der Waals surface area contributed by atoms with Crippen molar-refractivity contribution in [3.05, 3.63) is 0 Å². The zero-order valence-corrected chi connectivity index (χ0v) is 7.08. The summed E-state index contributed by atoms with van der Waals surface area (Å²) in [7, 11) is 0. The van der Waals surface area contributed by atoms with E-state index in [9.17, 15) is 9.59 Å². The minimum Gasteiger partial charge on any atom is -0.466 e. The molecule has 0 aromatic heterocycles. The molecule has 0 unspecified atom stereocenters. The zero-order chi connectivity index (χ0) is 8.72. The van der Waals surface area contributed by atoms with Crippen LogP contribution in [-0.4, -0.2) is 18.4 Å². The van der Waals surface area contributed by atoms with Crippen LogP contribution in [0, 0.1) is 17.8 Å². The first-order chi connectivity index (χ1) is 5.75. The number of carbonyl (C=O) groups excluding carboxylic acids is 2. The van der Waals surface area contributed by atoms with Crippen LogP contribution < -0.4 is 0 Å². The summed E-state index contributed by atoms with van der Waals surface area (Å²) in [5.41, 5.74) is 0. The van der Waals surface area contributed by atoms with Crippen molar-refractivity contribution >= 4 is 11.8 Å². The fourth-order valence-electron chi connectivity index (χ4n) is 2.21. The van der Waals surface area contributed by atoms with Gasteiger partial charge in [0, 0.05) is 12.3 Å². The molecular formula is C9H12O3. The number of carbonyl (C=O) groups is 2. The Morgan fingerprint density at radius 2 is 2.42 bits per heavy atom. The lowest BCUT2D eigenvalue weighted by molar-refractivity contribution is -0.146. The monoisotopic (exact) mass is 168 g/mol. The summed E-state index contributed by atoms with van der Waals surface area (Å²) in [5, 5.41) is 0. The number of ketones is 1. The van der Waals surface area contributed by atoms with Gasteiger partial charge in [-0.15, -0.1) is 0 Å². The Kier molecular flexibility index (Phi) is 1.67. The maximum atomic E-state index is 11.2. The molecule has 2 rings (SSSR count). The zero-order valence-electron chi connectivity index (χ0n) is 7.08. The topological polar surface area (TPSA) is 43.4 Å². The minimum atomic E-state index is -0.166. The van der Waals surface area contributed by atoms with Crippen molar-refractivity contribution < 1.29 is 14.3 Å². The number of Topliss-reactive ketones (excluding diaryl/α,β-unsaturated/α-hetero) is 1. The van der Waals surface area contributed by atoms with Crippen molar-refractivity contribution in [2.75, 3.05) is 6.61 Å². The molecule has 0 aromatic carbocycles. The summed E-state index contributed by atoms with van der Waals surface area (Å²) in [5.74, 6) is 0.380. The molecule has 0 aliphatic heterocycles. The van der Waals surface area contributed by atoms with Crippen LogP contribution in [0.5, 0.6) is 0 Å². The lowest BCUT2D eigenvalue weighted by Gasteiger charge is -2.01. The van der Waals surface area contributed by atoms with E-state index in [0.29, 0.717) is 18.9 Å². The normalized spacial score (nSPS) is 37.8. The molecule has 0 bridgehead atoms. The highest BCUT2D eigenvalue weighted by Gasteiger charge is 2.62. The quantitative estimate of drug-likeness (QED) is 0.572. The highest BCUT2D eigenvalue weighted by Crippen LogP contribution is 2.55. The van der Waals surface area contributed by atoms with E-state index in [2.05, 4.69) is 0 Å². The summed E-state index contributed by atoms with van der Waals surface area (Å²) < 4.78 is 4.86. The molecule has 0 radical (unpaired) electrons. The highest BCUT2D eigenvalue weighted by atomic mass is 16.5.